The Balaban J connectivity index is 1.73. The molecule has 110 valence electrons. The second-order valence-electron chi connectivity index (χ2n) is 4.14. The molecule has 0 saturated heterocycles. The van der Waals surface area contributed by atoms with Crippen LogP contribution in [-0.2, 0) is 0 Å². The van der Waals surface area contributed by atoms with E-state index in [1.807, 2.05) is 36.4 Å². The van der Waals surface area contributed by atoms with Crippen LogP contribution >= 0.6 is 35.4 Å². The first kappa shape index (κ1) is 15.9. The number of hydrogen-bond acceptors (Lipinski definition) is 2. The van der Waals surface area contributed by atoms with E-state index in [9.17, 15) is 0 Å². The van der Waals surface area contributed by atoms with E-state index in [0.717, 1.165) is 5.69 Å². The molecule has 2 N–H and O–H groups in total. The fourth-order valence-corrected chi connectivity index (χ4v) is 2.20. The van der Waals surface area contributed by atoms with Crippen molar-refractivity contribution in [2.24, 2.45) is 0 Å². The number of nitrogens with one attached hydrogen (secondary N) is 2. The average molecular weight is 341 g/mol. The SMILES string of the molecule is S=C(NCCOc1ccccc1Cl)Nc1ccccc1Cl. The molecule has 0 aliphatic rings. The van der Waals surface area contributed by atoms with Crippen molar-refractivity contribution in [3.05, 3.63) is 58.6 Å². The van der Waals surface area contributed by atoms with E-state index in [4.69, 9.17) is 40.2 Å². The Kier molecular flexibility index (Phi) is 6.11. The van der Waals surface area contributed by atoms with Crippen LogP contribution in [0, 0.1) is 0 Å². The molecule has 6 heteroatoms. The third-order valence-corrected chi connectivity index (χ3v) is 3.49. The molecular weight excluding hydrogens is 327 g/mol. The molecule has 0 fully saturated rings. The highest BCUT2D eigenvalue weighted by Gasteiger charge is 2.02. The van der Waals surface area contributed by atoms with Gasteiger partial charge < -0.3 is 15.4 Å². The van der Waals surface area contributed by atoms with E-state index >= 15 is 0 Å². The molecule has 0 unspecified atom stereocenters. The molecule has 0 aromatic heterocycles. The summed E-state index contributed by atoms with van der Waals surface area (Å²) >= 11 is 17.2. The summed E-state index contributed by atoms with van der Waals surface area (Å²) in [6, 6.07) is 14.7. The molecule has 0 bridgehead atoms. The molecule has 0 saturated carbocycles. The van der Waals surface area contributed by atoms with E-state index in [0.29, 0.717) is 34.1 Å². The summed E-state index contributed by atoms with van der Waals surface area (Å²) < 4.78 is 5.55. The van der Waals surface area contributed by atoms with Crippen molar-refractivity contribution in [1.82, 2.24) is 5.32 Å². The fraction of sp³-hybridized carbons (Fsp3) is 0.133. The molecule has 0 aliphatic carbocycles. The monoisotopic (exact) mass is 340 g/mol. The van der Waals surface area contributed by atoms with Crippen LogP contribution in [-0.4, -0.2) is 18.3 Å². The highest BCUT2D eigenvalue weighted by Crippen LogP contribution is 2.22. The maximum atomic E-state index is 6.04. The van der Waals surface area contributed by atoms with Gasteiger partial charge in [-0.25, -0.2) is 0 Å². The summed E-state index contributed by atoms with van der Waals surface area (Å²) in [7, 11) is 0. The molecule has 0 amide bonds. The molecule has 0 atom stereocenters. The second-order valence-corrected chi connectivity index (χ2v) is 5.36. The maximum absolute atomic E-state index is 6.04. The Morgan fingerprint density at radius 2 is 1.67 bits per heavy atom. The Labute approximate surface area is 139 Å². The first-order valence-electron chi connectivity index (χ1n) is 6.33. The Morgan fingerprint density at radius 3 is 2.38 bits per heavy atom. The Morgan fingerprint density at radius 1 is 1.00 bits per heavy atom. The number of rotatable bonds is 5. The van der Waals surface area contributed by atoms with Crippen molar-refractivity contribution in [3.63, 3.8) is 0 Å². The Bertz CT molecular complexity index is 622. The average Bonchev–Trinajstić information content (AvgIpc) is 2.48. The van der Waals surface area contributed by atoms with Gasteiger partial charge in [-0.3, -0.25) is 0 Å². The third-order valence-electron chi connectivity index (χ3n) is 2.60. The van der Waals surface area contributed by atoms with E-state index in [1.54, 1.807) is 12.1 Å². The minimum Gasteiger partial charge on any atom is -0.490 e. The molecule has 3 nitrogen and oxygen atoms in total. The number of para-hydroxylation sites is 2. The van der Waals surface area contributed by atoms with Crippen LogP contribution in [0.4, 0.5) is 5.69 Å². The van der Waals surface area contributed by atoms with Gasteiger partial charge in [-0.05, 0) is 36.5 Å². The zero-order chi connectivity index (χ0) is 15.1. The van der Waals surface area contributed by atoms with Crippen LogP contribution < -0.4 is 15.4 Å². The number of ether oxygens (including phenoxy) is 1. The van der Waals surface area contributed by atoms with Crippen LogP contribution in [0.3, 0.4) is 0 Å². The first-order chi connectivity index (χ1) is 10.2. The van der Waals surface area contributed by atoms with Crippen LogP contribution in [0.15, 0.2) is 48.5 Å². The molecule has 2 aromatic carbocycles. The van der Waals surface area contributed by atoms with Crippen molar-refractivity contribution in [3.8, 4) is 5.75 Å². The lowest BCUT2D eigenvalue weighted by Gasteiger charge is -2.12. The molecule has 0 radical (unpaired) electrons. The molecule has 0 heterocycles. The van der Waals surface area contributed by atoms with Gasteiger partial charge in [0, 0.05) is 0 Å². The summed E-state index contributed by atoms with van der Waals surface area (Å²) in [6.07, 6.45) is 0. The van der Waals surface area contributed by atoms with Gasteiger partial charge in [-0.2, -0.15) is 0 Å². The van der Waals surface area contributed by atoms with Gasteiger partial charge >= 0.3 is 0 Å². The van der Waals surface area contributed by atoms with Crippen LogP contribution in [0.25, 0.3) is 0 Å². The highest BCUT2D eigenvalue weighted by molar-refractivity contribution is 7.80. The van der Waals surface area contributed by atoms with Crippen LogP contribution in [0.2, 0.25) is 10.0 Å². The van der Waals surface area contributed by atoms with Gasteiger partial charge in [0.2, 0.25) is 0 Å². The Hall–Kier alpha value is -1.49. The van der Waals surface area contributed by atoms with Crippen molar-refractivity contribution >= 4 is 46.2 Å². The predicted molar refractivity (Wildman–Crippen MR) is 92.6 cm³/mol. The number of hydrogen-bond donors (Lipinski definition) is 2. The van der Waals surface area contributed by atoms with Gasteiger partial charge in [0.05, 0.1) is 22.3 Å². The smallest absolute Gasteiger partial charge is 0.170 e. The van der Waals surface area contributed by atoms with Crippen molar-refractivity contribution in [2.45, 2.75) is 0 Å². The standard InChI is InChI=1S/C15H14Cl2N2OS/c16-11-5-1-3-7-13(11)19-15(21)18-9-10-20-14-8-4-2-6-12(14)17/h1-8H,9-10H2,(H2,18,19,21). The zero-order valence-corrected chi connectivity index (χ0v) is 13.4. The third kappa shape index (κ3) is 5.08. The summed E-state index contributed by atoms with van der Waals surface area (Å²) in [4.78, 5) is 0. The maximum Gasteiger partial charge on any atom is 0.170 e. The minimum atomic E-state index is 0.452. The highest BCUT2D eigenvalue weighted by atomic mass is 35.5. The molecule has 2 aromatic rings. The lowest BCUT2D eigenvalue weighted by molar-refractivity contribution is 0.323. The van der Waals surface area contributed by atoms with Gasteiger partial charge in [-0.15, -0.1) is 0 Å². The number of benzene rings is 2. The van der Waals surface area contributed by atoms with Gasteiger partial charge in [0.1, 0.15) is 12.4 Å². The number of anilines is 1. The fourth-order valence-electron chi connectivity index (χ4n) is 1.62. The quantitative estimate of drug-likeness (QED) is 0.625. The lowest BCUT2D eigenvalue weighted by atomic mass is 10.3. The van der Waals surface area contributed by atoms with E-state index in [-0.39, 0.29) is 0 Å². The number of thiocarbonyl (C=S) groups is 1. The normalized spacial score (nSPS) is 10.0. The minimum absolute atomic E-state index is 0.452. The van der Waals surface area contributed by atoms with Crippen LogP contribution in [0.5, 0.6) is 5.75 Å². The number of halogens is 2. The zero-order valence-electron chi connectivity index (χ0n) is 11.1. The molecule has 0 aliphatic heterocycles. The summed E-state index contributed by atoms with van der Waals surface area (Å²) in [5, 5.41) is 7.77. The van der Waals surface area contributed by atoms with Crippen molar-refractivity contribution in [2.75, 3.05) is 18.5 Å². The second kappa shape index (κ2) is 8.08. The summed E-state index contributed by atoms with van der Waals surface area (Å²) in [5.74, 6) is 0.658. The molecule has 0 spiro atoms. The van der Waals surface area contributed by atoms with E-state index in [1.165, 1.54) is 0 Å². The molecule has 21 heavy (non-hydrogen) atoms. The van der Waals surface area contributed by atoms with E-state index in [2.05, 4.69) is 10.6 Å². The molecular formula is C15H14Cl2N2OS. The van der Waals surface area contributed by atoms with Crippen LogP contribution in [0.1, 0.15) is 0 Å². The predicted octanol–water partition coefficient (Wildman–Crippen LogP) is 4.36. The summed E-state index contributed by atoms with van der Waals surface area (Å²) in [6.45, 7) is 1.01. The van der Waals surface area contributed by atoms with Crippen molar-refractivity contribution in [1.29, 1.82) is 0 Å². The lowest BCUT2D eigenvalue weighted by Crippen LogP contribution is -2.32. The first-order valence-corrected chi connectivity index (χ1v) is 7.50. The summed E-state index contributed by atoms with van der Waals surface area (Å²) in [5.41, 5.74) is 0.767. The van der Waals surface area contributed by atoms with Crippen molar-refractivity contribution < 1.29 is 4.74 Å². The van der Waals surface area contributed by atoms with Gasteiger partial charge in [0.15, 0.2) is 5.11 Å². The van der Waals surface area contributed by atoms with Gasteiger partial charge in [0.25, 0.3) is 0 Å². The molecule has 2 rings (SSSR count). The van der Waals surface area contributed by atoms with E-state index < -0.39 is 0 Å². The largest absolute Gasteiger partial charge is 0.490 e. The van der Waals surface area contributed by atoms with Gasteiger partial charge in [-0.1, -0.05) is 47.5 Å². The topological polar surface area (TPSA) is 33.3 Å².